The minimum absolute atomic E-state index is 0.110. The predicted octanol–water partition coefficient (Wildman–Crippen LogP) is 1.36. The number of urea groups is 1. The third-order valence-electron chi connectivity index (χ3n) is 3.31. The second-order valence-electron chi connectivity index (χ2n) is 4.46. The number of nitrogens with one attached hydrogen (secondary N) is 2. The van der Waals surface area contributed by atoms with E-state index in [1.54, 1.807) is 7.05 Å². The van der Waals surface area contributed by atoms with Gasteiger partial charge in [-0.15, -0.1) is 0 Å². The molecule has 1 fully saturated rings. The van der Waals surface area contributed by atoms with Crippen LogP contribution < -0.4 is 16.4 Å². The summed E-state index contributed by atoms with van der Waals surface area (Å²) in [6, 6.07) is -0.110. The fourth-order valence-corrected chi connectivity index (χ4v) is 2.27. The van der Waals surface area contributed by atoms with Crippen LogP contribution in [0.25, 0.3) is 0 Å². The van der Waals surface area contributed by atoms with Crippen molar-refractivity contribution in [2.24, 2.45) is 5.73 Å². The molecule has 4 N–H and O–H groups in total. The third-order valence-corrected chi connectivity index (χ3v) is 3.31. The Morgan fingerprint density at radius 3 is 2.20 bits per heavy atom. The SMILES string of the molecule is CNC(=O)NC1(CN)CCCCCCC1. The Labute approximate surface area is 92.0 Å². The Bertz CT molecular complexity index is 198. The van der Waals surface area contributed by atoms with Gasteiger partial charge < -0.3 is 16.4 Å². The van der Waals surface area contributed by atoms with Gasteiger partial charge in [0.15, 0.2) is 0 Å². The van der Waals surface area contributed by atoms with Gasteiger partial charge in [-0.25, -0.2) is 4.79 Å². The van der Waals surface area contributed by atoms with Gasteiger partial charge in [0.2, 0.25) is 0 Å². The molecular weight excluding hydrogens is 190 g/mol. The van der Waals surface area contributed by atoms with Crippen molar-refractivity contribution >= 4 is 6.03 Å². The molecule has 4 heteroatoms. The summed E-state index contributed by atoms with van der Waals surface area (Å²) in [5.41, 5.74) is 5.65. The van der Waals surface area contributed by atoms with E-state index in [4.69, 9.17) is 5.73 Å². The standard InChI is InChI=1S/C11H23N3O/c1-13-10(15)14-11(9-12)7-5-3-2-4-6-8-11/h2-9,12H2,1H3,(H2,13,14,15). The van der Waals surface area contributed by atoms with Crippen molar-refractivity contribution in [2.75, 3.05) is 13.6 Å². The molecule has 0 atom stereocenters. The molecule has 0 unspecified atom stereocenters. The lowest BCUT2D eigenvalue weighted by Crippen LogP contribution is -2.56. The van der Waals surface area contributed by atoms with Crippen LogP contribution in [0.1, 0.15) is 44.9 Å². The highest BCUT2D eigenvalue weighted by Crippen LogP contribution is 2.25. The normalized spacial score (nSPS) is 21.2. The van der Waals surface area contributed by atoms with Crippen LogP contribution in [0.15, 0.2) is 0 Å². The predicted molar refractivity (Wildman–Crippen MR) is 61.7 cm³/mol. The average molecular weight is 213 g/mol. The van der Waals surface area contributed by atoms with Crippen LogP contribution in [-0.4, -0.2) is 25.2 Å². The first-order valence-corrected chi connectivity index (χ1v) is 5.92. The maximum atomic E-state index is 11.4. The minimum atomic E-state index is -0.166. The van der Waals surface area contributed by atoms with E-state index in [9.17, 15) is 4.79 Å². The highest BCUT2D eigenvalue weighted by Gasteiger charge is 2.29. The summed E-state index contributed by atoms with van der Waals surface area (Å²) < 4.78 is 0. The second-order valence-corrected chi connectivity index (χ2v) is 4.46. The van der Waals surface area contributed by atoms with Gasteiger partial charge in [-0.05, 0) is 12.8 Å². The van der Waals surface area contributed by atoms with E-state index < -0.39 is 0 Å². The zero-order valence-electron chi connectivity index (χ0n) is 9.64. The molecule has 0 heterocycles. The lowest BCUT2D eigenvalue weighted by Gasteiger charge is -2.35. The first kappa shape index (κ1) is 12.3. The molecule has 1 aliphatic carbocycles. The van der Waals surface area contributed by atoms with Gasteiger partial charge in [0.1, 0.15) is 0 Å². The molecule has 15 heavy (non-hydrogen) atoms. The zero-order valence-corrected chi connectivity index (χ0v) is 9.64. The Morgan fingerprint density at radius 1 is 1.20 bits per heavy atom. The molecule has 1 rings (SSSR count). The molecule has 0 bridgehead atoms. The van der Waals surface area contributed by atoms with Crippen LogP contribution in [0.3, 0.4) is 0 Å². The molecule has 88 valence electrons. The molecule has 0 aromatic rings. The van der Waals surface area contributed by atoms with Crippen LogP contribution >= 0.6 is 0 Å². The topological polar surface area (TPSA) is 67.2 Å². The molecule has 0 aromatic heterocycles. The van der Waals surface area contributed by atoms with Crippen LogP contribution in [0, 0.1) is 0 Å². The van der Waals surface area contributed by atoms with Crippen LogP contribution in [-0.2, 0) is 0 Å². The fourth-order valence-electron chi connectivity index (χ4n) is 2.27. The molecule has 0 saturated heterocycles. The molecule has 0 spiro atoms. The van der Waals surface area contributed by atoms with Gasteiger partial charge in [0, 0.05) is 13.6 Å². The van der Waals surface area contributed by atoms with Gasteiger partial charge in [0.25, 0.3) is 0 Å². The van der Waals surface area contributed by atoms with Crippen molar-refractivity contribution in [3.63, 3.8) is 0 Å². The number of hydrogen-bond donors (Lipinski definition) is 3. The number of carbonyl (C=O) groups is 1. The van der Waals surface area contributed by atoms with Crippen LogP contribution in [0.4, 0.5) is 4.79 Å². The highest BCUT2D eigenvalue weighted by atomic mass is 16.2. The summed E-state index contributed by atoms with van der Waals surface area (Å²) in [4.78, 5) is 11.4. The van der Waals surface area contributed by atoms with E-state index >= 15 is 0 Å². The second kappa shape index (κ2) is 5.95. The summed E-state index contributed by atoms with van der Waals surface area (Å²) in [5.74, 6) is 0. The third kappa shape index (κ3) is 3.70. The Kier molecular flexibility index (Phi) is 4.88. The van der Waals surface area contributed by atoms with Gasteiger partial charge in [0.05, 0.1) is 5.54 Å². The quantitative estimate of drug-likeness (QED) is 0.648. The van der Waals surface area contributed by atoms with E-state index in [1.165, 1.54) is 32.1 Å². The maximum Gasteiger partial charge on any atom is 0.315 e. The van der Waals surface area contributed by atoms with Crippen molar-refractivity contribution < 1.29 is 4.79 Å². The van der Waals surface area contributed by atoms with E-state index in [1.807, 2.05) is 0 Å². The molecule has 1 aliphatic rings. The Balaban J connectivity index is 2.57. The van der Waals surface area contributed by atoms with Gasteiger partial charge in [-0.3, -0.25) is 0 Å². The van der Waals surface area contributed by atoms with Crippen molar-refractivity contribution in [3.05, 3.63) is 0 Å². The minimum Gasteiger partial charge on any atom is -0.341 e. The van der Waals surface area contributed by atoms with E-state index in [2.05, 4.69) is 10.6 Å². The first-order valence-electron chi connectivity index (χ1n) is 5.92. The van der Waals surface area contributed by atoms with Gasteiger partial charge >= 0.3 is 6.03 Å². The monoisotopic (exact) mass is 213 g/mol. The molecule has 2 amide bonds. The van der Waals surface area contributed by atoms with Gasteiger partial charge in [-0.1, -0.05) is 32.1 Å². The van der Waals surface area contributed by atoms with E-state index in [-0.39, 0.29) is 11.6 Å². The molecule has 4 nitrogen and oxygen atoms in total. The van der Waals surface area contributed by atoms with Crippen molar-refractivity contribution in [1.29, 1.82) is 0 Å². The Hall–Kier alpha value is -0.770. The summed E-state index contributed by atoms with van der Waals surface area (Å²) in [6.45, 7) is 0.542. The number of hydrogen-bond acceptors (Lipinski definition) is 2. The summed E-state index contributed by atoms with van der Waals surface area (Å²) in [7, 11) is 1.64. The van der Waals surface area contributed by atoms with Crippen molar-refractivity contribution in [1.82, 2.24) is 10.6 Å². The largest absolute Gasteiger partial charge is 0.341 e. The molecule has 1 saturated carbocycles. The summed E-state index contributed by atoms with van der Waals surface area (Å²) in [5, 5.41) is 5.63. The van der Waals surface area contributed by atoms with Crippen molar-refractivity contribution in [2.45, 2.75) is 50.5 Å². The first-order chi connectivity index (χ1) is 7.22. The molecule has 0 aromatic carbocycles. The number of nitrogens with two attached hydrogens (primary N) is 1. The number of carbonyl (C=O) groups excluding carboxylic acids is 1. The summed E-state index contributed by atoms with van der Waals surface area (Å²) in [6.07, 6.45) is 8.20. The lowest BCUT2D eigenvalue weighted by atomic mass is 9.84. The maximum absolute atomic E-state index is 11.4. The van der Waals surface area contributed by atoms with E-state index in [0.717, 1.165) is 12.8 Å². The van der Waals surface area contributed by atoms with Crippen LogP contribution in [0.5, 0.6) is 0 Å². The smallest absolute Gasteiger partial charge is 0.315 e. The van der Waals surface area contributed by atoms with E-state index in [0.29, 0.717) is 6.54 Å². The zero-order chi connectivity index (χ0) is 11.1. The number of rotatable bonds is 2. The molecule has 0 radical (unpaired) electrons. The molecule has 0 aliphatic heterocycles. The highest BCUT2D eigenvalue weighted by molar-refractivity contribution is 5.74. The Morgan fingerprint density at radius 2 is 1.73 bits per heavy atom. The molecular formula is C11H23N3O. The number of amides is 2. The van der Waals surface area contributed by atoms with Gasteiger partial charge in [-0.2, -0.15) is 0 Å². The van der Waals surface area contributed by atoms with Crippen LogP contribution in [0.2, 0.25) is 0 Å². The summed E-state index contributed by atoms with van der Waals surface area (Å²) >= 11 is 0. The average Bonchev–Trinajstić information content (AvgIpc) is 2.22. The fraction of sp³-hybridized carbons (Fsp3) is 0.909. The lowest BCUT2D eigenvalue weighted by molar-refractivity contribution is 0.213. The van der Waals surface area contributed by atoms with Crippen molar-refractivity contribution in [3.8, 4) is 0 Å².